The maximum Gasteiger partial charge on any atom is 0.327 e. The number of nitrogen functional groups attached to an aromatic ring is 3. The van der Waals surface area contributed by atoms with Crippen molar-refractivity contribution in [2.75, 3.05) is 75.6 Å². The predicted molar refractivity (Wildman–Crippen MR) is 444 cm³/mol. The molecule has 0 spiro atoms. The van der Waals surface area contributed by atoms with Gasteiger partial charge in [0, 0.05) is 36.5 Å². The molecule has 6 aliphatic rings. The number of nitrogens with zero attached hydrogens (tertiary/aromatic N) is 12. The van der Waals surface area contributed by atoms with Crippen LogP contribution in [-0.2, 0) is 98.8 Å². The molecule has 57 heteroatoms. The minimum absolute atomic E-state index is 0.0633. The number of methoxy groups -OCH3 is 3. The van der Waals surface area contributed by atoms with Crippen molar-refractivity contribution in [1.82, 2.24) is 89.8 Å². The van der Waals surface area contributed by atoms with Crippen molar-refractivity contribution in [3.05, 3.63) is 19.0 Å². The Morgan fingerprint density at radius 2 is 0.698 bits per heavy atom. The van der Waals surface area contributed by atoms with Gasteiger partial charge < -0.3 is 104 Å². The number of ether oxygens (including phenoxy) is 9. The van der Waals surface area contributed by atoms with Gasteiger partial charge in [-0.3, -0.25) is 86.5 Å². The number of hydrogen-bond acceptors (Lipinski definition) is 45. The first kappa shape index (κ1) is 99.6. The van der Waals surface area contributed by atoms with Gasteiger partial charge in [-0.1, -0.05) is 34.1 Å². The summed E-state index contributed by atoms with van der Waals surface area (Å²) in [6.45, 7) is 4.76. The third-order valence-corrected chi connectivity index (χ3v) is 32.3. The molecule has 0 aliphatic carbocycles. The number of esters is 3. The third-order valence-electron chi connectivity index (χ3n) is 19.8. The van der Waals surface area contributed by atoms with Crippen LogP contribution in [0.4, 0.5) is 17.8 Å². The first-order valence-electron chi connectivity index (χ1n) is 38.9. The molecule has 7 unspecified atom stereocenters. The average Bonchev–Trinajstić information content (AvgIpc) is 1.60. The summed E-state index contributed by atoms with van der Waals surface area (Å²) in [5, 5.41) is 81.2. The van der Waals surface area contributed by atoms with E-state index >= 15 is 0 Å². The molecule has 0 bridgehead atoms. The molecule has 6 aliphatic heterocycles. The van der Waals surface area contributed by atoms with Crippen molar-refractivity contribution in [3.8, 4) is 17.6 Å². The first-order valence-corrected chi connectivity index (χ1v) is 48.5. The number of aromatic nitrogens is 12. The topological polar surface area (TPSA) is 718 Å². The quantitative estimate of drug-likeness (QED) is 0.0103. The molecule has 0 saturated carbocycles. The van der Waals surface area contributed by atoms with Crippen molar-refractivity contribution in [3.63, 3.8) is 0 Å². The van der Waals surface area contributed by atoms with Crippen LogP contribution in [0.2, 0.25) is 0 Å². The molecule has 6 amide bonds. The van der Waals surface area contributed by atoms with Crippen molar-refractivity contribution >= 4 is 159 Å². The fourth-order valence-corrected chi connectivity index (χ4v) is 25.4. The van der Waals surface area contributed by atoms with E-state index in [1.54, 1.807) is 41.5 Å². The highest BCUT2D eigenvalue weighted by Gasteiger charge is 2.58. The number of rotatable bonds is 36. The molecule has 21 atom stereocenters. The number of hydrogen-bond donors (Lipinski definition) is 15. The predicted octanol–water partition coefficient (Wildman–Crippen LogP) is -0.370. The van der Waals surface area contributed by atoms with Gasteiger partial charge in [0.05, 0.1) is 96.2 Å². The van der Waals surface area contributed by atoms with Gasteiger partial charge in [0.25, 0.3) is 0 Å². The van der Waals surface area contributed by atoms with Gasteiger partial charge >= 0.3 is 38.1 Å². The molecule has 696 valence electrons. The zero-order valence-corrected chi connectivity index (χ0v) is 75.8. The SMILES string of the molecule is COc1nc(N)nc2c1ncn2C1O[C@H](COP(=O)(N[C@H](C)C(=O)OC(C)C)SCC2CC(=O)NC2=O)[C@@H](O)[C@@]1(C)O.COc1nc(N)nc2c1ncn2C1O[C@H](CO[P@@](=O)(N[C@@H](C)C(=O)OC(C)C)SCC2CC(=O)NC2=O)[C@@H](O)[C@@]1(C)O.COc1nc(N)nc2c1ncn2C1O[C@H](CO[P@](=O)(N[C@@H](C)C(=O)OC(C)C)SCC2CC(=O)NC2=O)[C@@H](O)[C@@]1(C)O. The number of carbonyl (C=O) groups is 9. The first-order chi connectivity index (χ1) is 58.9. The Balaban J connectivity index is 0.000000197. The largest absolute Gasteiger partial charge is 0.479 e. The van der Waals surface area contributed by atoms with Crippen LogP contribution in [-0.4, -0.2) is 291 Å². The van der Waals surface area contributed by atoms with Crippen LogP contribution in [0.5, 0.6) is 17.6 Å². The molecule has 18 N–H and O–H groups in total. The lowest BCUT2D eigenvalue weighted by molar-refractivity contribution is -0.149. The molecule has 6 aromatic heterocycles. The summed E-state index contributed by atoms with van der Waals surface area (Å²) < 4.78 is 112. The number of fused-ring (bicyclic) bond motifs is 3. The molecule has 0 radical (unpaired) electrons. The van der Waals surface area contributed by atoms with Gasteiger partial charge in [0.15, 0.2) is 52.2 Å². The van der Waals surface area contributed by atoms with Crippen molar-refractivity contribution in [2.24, 2.45) is 17.8 Å². The van der Waals surface area contributed by atoms with E-state index in [4.69, 9.17) is 73.4 Å². The van der Waals surface area contributed by atoms with E-state index in [0.717, 1.165) is 34.1 Å². The van der Waals surface area contributed by atoms with Crippen LogP contribution in [0.1, 0.15) is 121 Å². The van der Waals surface area contributed by atoms with Gasteiger partial charge in [-0.15, -0.1) is 0 Å². The fourth-order valence-electron chi connectivity index (χ4n) is 13.3. The second kappa shape index (κ2) is 40.6. The van der Waals surface area contributed by atoms with Crippen LogP contribution < -0.4 is 62.6 Å². The van der Waals surface area contributed by atoms with Crippen LogP contribution in [0, 0.1) is 17.8 Å². The summed E-state index contributed by atoms with van der Waals surface area (Å²) in [4.78, 5) is 145. The maximum absolute atomic E-state index is 13.9. The maximum atomic E-state index is 13.9. The van der Waals surface area contributed by atoms with Gasteiger partial charge in [-0.2, -0.15) is 29.9 Å². The van der Waals surface area contributed by atoms with E-state index in [1.807, 2.05) is 0 Å². The summed E-state index contributed by atoms with van der Waals surface area (Å²) in [6.07, 6.45) is -9.56. The van der Waals surface area contributed by atoms with E-state index in [9.17, 15) is 87.5 Å². The smallest absolute Gasteiger partial charge is 0.327 e. The Morgan fingerprint density at radius 1 is 0.460 bits per heavy atom. The Hall–Kier alpha value is -8.58. The Labute approximate surface area is 729 Å². The highest BCUT2D eigenvalue weighted by molar-refractivity contribution is 8.56. The second-order valence-corrected chi connectivity index (χ2v) is 44.0. The lowest BCUT2D eigenvalue weighted by Gasteiger charge is -2.27. The lowest BCUT2D eigenvalue weighted by atomic mass is 9.96. The molecular formula is C69H102N21O30P3S3. The number of imide groups is 3. The number of amides is 6. The molecule has 0 aromatic carbocycles. The van der Waals surface area contributed by atoms with Gasteiger partial charge in [-0.05, 0) is 83.1 Å². The van der Waals surface area contributed by atoms with Crippen molar-refractivity contribution < 1.29 is 144 Å². The van der Waals surface area contributed by atoms with Crippen LogP contribution >= 0.6 is 54.3 Å². The van der Waals surface area contributed by atoms with E-state index in [-0.39, 0.29) is 105 Å². The van der Waals surface area contributed by atoms with Crippen LogP contribution in [0.15, 0.2) is 19.0 Å². The number of aliphatic hydroxyl groups is 6. The van der Waals surface area contributed by atoms with Crippen molar-refractivity contribution in [2.45, 2.75) is 211 Å². The van der Waals surface area contributed by atoms with E-state index in [2.05, 4.69) is 76.1 Å². The second-order valence-electron chi connectivity index (χ2n) is 31.1. The molecule has 12 heterocycles. The Kier molecular flexibility index (Phi) is 32.1. The third kappa shape index (κ3) is 23.2. The average molecular weight is 1890 g/mol. The number of aliphatic hydroxyl groups excluding tert-OH is 3. The van der Waals surface area contributed by atoms with E-state index in [1.165, 1.54) is 95.6 Å². The molecule has 51 nitrogen and oxygen atoms in total. The summed E-state index contributed by atoms with van der Waals surface area (Å²) in [5.41, 5.74) is 12.9. The van der Waals surface area contributed by atoms with Gasteiger partial charge in [-0.25, -0.2) is 30.2 Å². The Morgan fingerprint density at radius 3 is 0.905 bits per heavy atom. The summed E-state index contributed by atoms with van der Waals surface area (Å²) in [5.74, 6) is -7.44. The number of carbonyl (C=O) groups excluding carboxylic acids is 9. The summed E-state index contributed by atoms with van der Waals surface area (Å²) in [7, 11) is 4.14. The van der Waals surface area contributed by atoms with Gasteiger partial charge in [0.1, 0.15) is 71.6 Å². The zero-order chi connectivity index (χ0) is 92.9. The van der Waals surface area contributed by atoms with Crippen LogP contribution in [0.3, 0.4) is 0 Å². The number of nitrogens with two attached hydrogens (primary N) is 3. The molecule has 6 fully saturated rings. The molecule has 6 aromatic rings. The minimum atomic E-state index is -4.00. The minimum Gasteiger partial charge on any atom is -0.479 e. The summed E-state index contributed by atoms with van der Waals surface area (Å²) >= 11 is 2.17. The number of imidazole rings is 3. The Bertz CT molecular complexity index is 4710. The van der Waals surface area contributed by atoms with Crippen LogP contribution in [0.25, 0.3) is 33.5 Å². The van der Waals surface area contributed by atoms with Crippen molar-refractivity contribution in [1.29, 1.82) is 0 Å². The van der Waals surface area contributed by atoms with E-state index < -0.39 is 220 Å². The standard InChI is InChI=1S/3C23H34N7O10PS/c3*1-10(2)39-20(34)11(3)29-41(36,42-8-12-6-14(31)26-18(12)33)38-7-13-16(32)23(4,35)21(40-13)30-9-25-15-17(30)27-22(24)28-19(15)37-5/h3*9-13,16,21,32,35H,6-8H2,1-5H3,(H,29,36)(H2,24,27,28)(H,26,31,33)/t11-,12?,13+,16+,21?,23+,41+;11-,12?,13+,16+,21?,23+,41-;11-,12?,13-,16-,21?,23-,41?/m001/s1. The molecule has 126 heavy (non-hydrogen) atoms. The highest BCUT2D eigenvalue weighted by Crippen LogP contribution is 2.61. The molecule has 6 saturated heterocycles. The number of nitrogens with one attached hydrogen (secondary N) is 6. The van der Waals surface area contributed by atoms with Gasteiger partial charge in [0.2, 0.25) is 70.9 Å². The monoisotopic (exact) mass is 1890 g/mol. The zero-order valence-electron chi connectivity index (χ0n) is 70.6. The normalized spacial score (nSPS) is 28.2. The molecular weight excluding hydrogens is 1790 g/mol. The fraction of sp³-hybridized carbons (Fsp3) is 0.652. The number of anilines is 3. The molecule has 12 rings (SSSR count). The lowest BCUT2D eigenvalue weighted by Crippen LogP contribution is -2.44. The summed E-state index contributed by atoms with van der Waals surface area (Å²) in [6, 6.07) is -3.23. The van der Waals surface area contributed by atoms with E-state index in [0.29, 0.717) is 0 Å². The highest BCUT2D eigenvalue weighted by atomic mass is 32.7.